The minimum Gasteiger partial charge on any atom is -0.489 e. The summed E-state index contributed by atoms with van der Waals surface area (Å²) in [7, 11) is 0. The third kappa shape index (κ3) is 3.55. The molecule has 104 valence electrons. The lowest BCUT2D eigenvalue weighted by Crippen LogP contribution is -2.29. The third-order valence-corrected chi connectivity index (χ3v) is 3.37. The highest BCUT2D eigenvalue weighted by Gasteiger charge is 2.08. The number of hydrazine groups is 1. The molecule has 0 saturated carbocycles. The fourth-order valence-corrected chi connectivity index (χ4v) is 2.10. The summed E-state index contributed by atoms with van der Waals surface area (Å²) in [4.78, 5) is 11.4. The molecule has 2 aromatic rings. The highest BCUT2D eigenvalue weighted by molar-refractivity contribution is 9.10. The van der Waals surface area contributed by atoms with E-state index in [1.165, 1.54) is 12.1 Å². The van der Waals surface area contributed by atoms with E-state index in [0.29, 0.717) is 11.3 Å². The predicted octanol–water partition coefficient (Wildman–Crippen LogP) is 2.77. The number of hydrogen-bond acceptors (Lipinski definition) is 3. The van der Waals surface area contributed by atoms with Crippen molar-refractivity contribution in [2.75, 3.05) is 0 Å². The fourth-order valence-electron chi connectivity index (χ4n) is 1.61. The molecule has 20 heavy (non-hydrogen) atoms. The van der Waals surface area contributed by atoms with Crippen molar-refractivity contribution >= 4 is 21.8 Å². The summed E-state index contributed by atoms with van der Waals surface area (Å²) < 4.78 is 19.2. The van der Waals surface area contributed by atoms with Crippen LogP contribution in [0.2, 0.25) is 0 Å². The van der Waals surface area contributed by atoms with Gasteiger partial charge in [-0.25, -0.2) is 10.2 Å². The fraction of sp³-hybridized carbons (Fsp3) is 0.0714. The lowest BCUT2D eigenvalue weighted by molar-refractivity contribution is 0.0953. The van der Waals surface area contributed by atoms with Gasteiger partial charge >= 0.3 is 0 Å². The first kappa shape index (κ1) is 14.5. The molecule has 0 unspecified atom stereocenters. The smallest absolute Gasteiger partial charge is 0.265 e. The van der Waals surface area contributed by atoms with Gasteiger partial charge in [-0.15, -0.1) is 0 Å². The molecule has 0 radical (unpaired) electrons. The van der Waals surface area contributed by atoms with Crippen LogP contribution in [0.4, 0.5) is 4.39 Å². The van der Waals surface area contributed by atoms with Gasteiger partial charge in [-0.3, -0.25) is 10.2 Å². The first-order chi connectivity index (χ1) is 9.60. The molecule has 2 aromatic carbocycles. The molecule has 6 heteroatoms. The van der Waals surface area contributed by atoms with Crippen LogP contribution in [-0.2, 0) is 6.61 Å². The Bertz CT molecular complexity index is 634. The van der Waals surface area contributed by atoms with E-state index in [9.17, 15) is 9.18 Å². The largest absolute Gasteiger partial charge is 0.489 e. The van der Waals surface area contributed by atoms with E-state index in [1.807, 2.05) is 0 Å². The first-order valence-corrected chi connectivity index (χ1v) is 6.57. The zero-order chi connectivity index (χ0) is 14.5. The Morgan fingerprint density at radius 1 is 1.30 bits per heavy atom. The normalized spacial score (nSPS) is 10.2. The van der Waals surface area contributed by atoms with Crippen molar-refractivity contribution in [2.24, 2.45) is 5.84 Å². The van der Waals surface area contributed by atoms with Crippen LogP contribution in [0, 0.1) is 5.82 Å². The van der Waals surface area contributed by atoms with Crippen LogP contribution in [0.3, 0.4) is 0 Å². The molecule has 1 amide bonds. The van der Waals surface area contributed by atoms with E-state index in [1.54, 1.807) is 30.3 Å². The molecule has 0 heterocycles. The zero-order valence-electron chi connectivity index (χ0n) is 10.4. The number of nitrogens with two attached hydrogens (primary N) is 1. The minimum atomic E-state index is -0.372. The van der Waals surface area contributed by atoms with Gasteiger partial charge in [0.15, 0.2) is 0 Å². The Kier molecular flexibility index (Phi) is 4.70. The number of ether oxygens (including phenoxy) is 1. The van der Waals surface area contributed by atoms with Crippen LogP contribution in [0.25, 0.3) is 0 Å². The van der Waals surface area contributed by atoms with Crippen LogP contribution in [0.15, 0.2) is 46.9 Å². The molecule has 0 fully saturated rings. The number of amides is 1. The average Bonchev–Trinajstić information content (AvgIpc) is 2.45. The summed E-state index contributed by atoms with van der Waals surface area (Å²) in [5.74, 6) is 4.79. The summed E-state index contributed by atoms with van der Waals surface area (Å²) in [5, 5.41) is 0. The van der Waals surface area contributed by atoms with Crippen molar-refractivity contribution in [3.63, 3.8) is 0 Å². The number of nitrogens with one attached hydrogen (secondary N) is 1. The van der Waals surface area contributed by atoms with Crippen molar-refractivity contribution in [1.29, 1.82) is 0 Å². The highest BCUT2D eigenvalue weighted by atomic mass is 79.9. The van der Waals surface area contributed by atoms with Gasteiger partial charge in [0.2, 0.25) is 0 Å². The summed E-state index contributed by atoms with van der Waals surface area (Å²) in [6.07, 6.45) is 0. The Balaban J connectivity index is 2.08. The third-order valence-electron chi connectivity index (χ3n) is 2.64. The number of carbonyl (C=O) groups excluding carboxylic acids is 1. The Labute approximate surface area is 123 Å². The summed E-state index contributed by atoms with van der Waals surface area (Å²) >= 11 is 3.36. The molecule has 0 atom stereocenters. The molecule has 0 saturated heterocycles. The van der Waals surface area contributed by atoms with Crippen molar-refractivity contribution in [3.05, 3.63) is 63.9 Å². The van der Waals surface area contributed by atoms with E-state index >= 15 is 0 Å². The quantitative estimate of drug-likeness (QED) is 0.511. The molecule has 4 nitrogen and oxygen atoms in total. The number of hydrogen-bond donors (Lipinski definition) is 2. The molecule has 0 aliphatic heterocycles. The monoisotopic (exact) mass is 338 g/mol. The molecule has 0 aromatic heterocycles. The van der Waals surface area contributed by atoms with Crippen LogP contribution in [0.5, 0.6) is 5.75 Å². The maximum absolute atomic E-state index is 13.0. The zero-order valence-corrected chi connectivity index (χ0v) is 12.0. The average molecular weight is 339 g/mol. The molecule has 0 aliphatic carbocycles. The van der Waals surface area contributed by atoms with E-state index in [0.717, 1.165) is 10.0 Å². The number of halogens is 2. The molecule has 3 N–H and O–H groups in total. The van der Waals surface area contributed by atoms with Gasteiger partial charge in [0, 0.05) is 21.7 Å². The van der Waals surface area contributed by atoms with E-state index in [4.69, 9.17) is 10.6 Å². The topological polar surface area (TPSA) is 64.3 Å². The van der Waals surface area contributed by atoms with Crippen LogP contribution in [0.1, 0.15) is 15.9 Å². The lowest BCUT2D eigenvalue weighted by Gasteiger charge is -2.09. The number of carbonyl (C=O) groups is 1. The highest BCUT2D eigenvalue weighted by Crippen LogP contribution is 2.21. The van der Waals surface area contributed by atoms with Gasteiger partial charge in [-0.05, 0) is 24.3 Å². The van der Waals surface area contributed by atoms with E-state index in [-0.39, 0.29) is 18.3 Å². The lowest BCUT2D eigenvalue weighted by atomic mass is 10.1. The molecular formula is C14H12BrFN2O2. The minimum absolute atomic E-state index is 0.258. The molecule has 0 spiro atoms. The Morgan fingerprint density at radius 2 is 2.10 bits per heavy atom. The maximum atomic E-state index is 13.0. The number of benzene rings is 2. The van der Waals surface area contributed by atoms with Crippen molar-refractivity contribution in [3.8, 4) is 5.75 Å². The van der Waals surface area contributed by atoms with Gasteiger partial charge in [-0.2, -0.15) is 0 Å². The molecule has 0 aliphatic rings. The van der Waals surface area contributed by atoms with Crippen LogP contribution < -0.4 is 16.0 Å². The second-order valence-corrected chi connectivity index (χ2v) is 4.88. The van der Waals surface area contributed by atoms with Gasteiger partial charge in [0.25, 0.3) is 5.91 Å². The summed E-state index contributed by atoms with van der Waals surface area (Å²) in [6, 6.07) is 10.9. The molecular weight excluding hydrogens is 327 g/mol. The second kappa shape index (κ2) is 6.49. The predicted molar refractivity (Wildman–Crippen MR) is 76.5 cm³/mol. The van der Waals surface area contributed by atoms with Crippen molar-refractivity contribution < 1.29 is 13.9 Å². The standard InChI is InChI=1S/C14H12BrFN2O2/c15-13-6-9(14(19)18-17)4-5-10(13)8-20-12-3-1-2-11(16)7-12/h1-7H,8,17H2,(H,18,19). The second-order valence-electron chi connectivity index (χ2n) is 4.03. The first-order valence-electron chi connectivity index (χ1n) is 5.78. The summed E-state index contributed by atoms with van der Waals surface area (Å²) in [5.41, 5.74) is 3.33. The van der Waals surface area contributed by atoms with Crippen molar-refractivity contribution in [1.82, 2.24) is 5.43 Å². The van der Waals surface area contributed by atoms with Crippen LogP contribution in [-0.4, -0.2) is 5.91 Å². The summed E-state index contributed by atoms with van der Waals surface area (Å²) in [6.45, 7) is 0.258. The van der Waals surface area contributed by atoms with E-state index in [2.05, 4.69) is 21.4 Å². The number of nitrogen functional groups attached to an aromatic ring is 1. The maximum Gasteiger partial charge on any atom is 0.265 e. The Morgan fingerprint density at radius 3 is 2.75 bits per heavy atom. The molecule has 0 bridgehead atoms. The van der Waals surface area contributed by atoms with Gasteiger partial charge in [-0.1, -0.05) is 28.1 Å². The van der Waals surface area contributed by atoms with Crippen LogP contribution >= 0.6 is 15.9 Å². The molecule has 2 rings (SSSR count). The Hall–Kier alpha value is -1.92. The number of rotatable bonds is 4. The van der Waals surface area contributed by atoms with Gasteiger partial charge < -0.3 is 4.74 Å². The van der Waals surface area contributed by atoms with Gasteiger partial charge in [0.1, 0.15) is 18.2 Å². The SMILES string of the molecule is NNC(=O)c1ccc(COc2cccc(F)c2)c(Br)c1. The van der Waals surface area contributed by atoms with Gasteiger partial charge in [0.05, 0.1) is 0 Å². The van der Waals surface area contributed by atoms with Crippen molar-refractivity contribution in [2.45, 2.75) is 6.61 Å². The van der Waals surface area contributed by atoms with E-state index < -0.39 is 0 Å².